The van der Waals surface area contributed by atoms with Crippen molar-refractivity contribution in [2.24, 2.45) is 11.8 Å². The lowest BCUT2D eigenvalue weighted by atomic mass is 9.78. The van der Waals surface area contributed by atoms with Crippen molar-refractivity contribution in [1.29, 1.82) is 0 Å². The fraction of sp³-hybridized carbons (Fsp3) is 0.571. The van der Waals surface area contributed by atoms with Crippen LogP contribution < -0.4 is 4.74 Å². The molecule has 176 valence electrons. The van der Waals surface area contributed by atoms with Gasteiger partial charge in [-0.1, -0.05) is 23.7 Å². The lowest BCUT2D eigenvalue weighted by molar-refractivity contribution is -0.136. The minimum atomic E-state index is -4.67. The number of hydrogen-bond donors (Lipinski definition) is 0. The minimum Gasteiger partial charge on any atom is -0.497 e. The highest BCUT2D eigenvalue weighted by Gasteiger charge is 2.65. The summed E-state index contributed by atoms with van der Waals surface area (Å²) in [6.07, 6.45) is -2.18. The number of alkyl halides is 3. The molecule has 4 rings (SSSR count). The van der Waals surface area contributed by atoms with Gasteiger partial charge in [0.15, 0.2) is 0 Å². The largest absolute Gasteiger partial charge is 0.497 e. The van der Waals surface area contributed by atoms with Crippen molar-refractivity contribution in [2.75, 3.05) is 20.2 Å². The van der Waals surface area contributed by atoms with Gasteiger partial charge in [0.25, 0.3) is 10.2 Å². The summed E-state index contributed by atoms with van der Waals surface area (Å²) in [5.41, 5.74) is -0.00946. The molecule has 2 bridgehead atoms. The molecule has 0 radical (unpaired) electrons. The van der Waals surface area contributed by atoms with E-state index in [1.807, 2.05) is 0 Å². The molecule has 3 unspecified atom stereocenters. The molecule has 0 amide bonds. The number of nitrogens with zero attached hydrogens (tertiary/aromatic N) is 2. The number of rotatable bonds is 5. The van der Waals surface area contributed by atoms with Crippen molar-refractivity contribution in [3.63, 3.8) is 0 Å². The molecular formula is C21H24ClF3N2O4S. The smallest absolute Gasteiger partial charge is 0.402 e. The van der Waals surface area contributed by atoms with E-state index in [1.165, 1.54) is 11.4 Å². The van der Waals surface area contributed by atoms with E-state index in [2.05, 4.69) is 0 Å². The molecular weight excluding hydrogens is 469 g/mol. The van der Waals surface area contributed by atoms with E-state index in [0.29, 0.717) is 45.4 Å². The van der Waals surface area contributed by atoms with Gasteiger partial charge in [0.1, 0.15) is 18.6 Å². The first kappa shape index (κ1) is 23.5. The molecule has 11 heteroatoms. The third-order valence-corrected chi connectivity index (χ3v) is 9.33. The van der Waals surface area contributed by atoms with E-state index in [9.17, 15) is 26.4 Å². The molecule has 6 nitrogen and oxygen atoms in total. The number of carbonyl (C=O) groups excluding carboxylic acids is 1. The van der Waals surface area contributed by atoms with Gasteiger partial charge in [0.2, 0.25) is 0 Å². The van der Waals surface area contributed by atoms with E-state index in [4.69, 9.17) is 16.3 Å². The zero-order valence-electron chi connectivity index (χ0n) is 17.4. The number of halogens is 4. The van der Waals surface area contributed by atoms with E-state index in [-0.39, 0.29) is 37.8 Å². The van der Waals surface area contributed by atoms with Gasteiger partial charge >= 0.3 is 6.18 Å². The summed E-state index contributed by atoms with van der Waals surface area (Å²) in [5.74, 6) is 0.0199. The standard InChI is InChI=1S/C21H24ClF3N2O4S/c1-31-18-6-2-14(3-7-18)10-27-20(12-26(32(27,29)30)13-21(23,24)25)16-4-5-17(20)9-19(22)15(8-16)11-28/h2-3,6-7,11,16-17H,4-5,8-10,12-13H2,1H3. The first-order chi connectivity index (χ1) is 15.0. The molecule has 0 aromatic heterocycles. The maximum Gasteiger partial charge on any atom is 0.402 e. The second-order valence-corrected chi connectivity index (χ2v) is 11.0. The molecule has 3 aliphatic rings. The van der Waals surface area contributed by atoms with Crippen LogP contribution in [0.5, 0.6) is 5.75 Å². The van der Waals surface area contributed by atoms with Gasteiger partial charge in [-0.05, 0) is 55.2 Å². The topological polar surface area (TPSA) is 66.9 Å². The van der Waals surface area contributed by atoms with Crippen LogP contribution in [0, 0.1) is 11.8 Å². The Bertz CT molecular complexity index is 1030. The molecule has 1 saturated carbocycles. The van der Waals surface area contributed by atoms with Crippen LogP contribution in [-0.4, -0.2) is 55.2 Å². The molecule has 0 N–H and O–H groups in total. The fourth-order valence-electron chi connectivity index (χ4n) is 5.55. The van der Waals surface area contributed by atoms with Crippen molar-refractivity contribution in [3.05, 3.63) is 40.4 Å². The Hall–Kier alpha value is -1.62. The third kappa shape index (κ3) is 3.95. The molecule has 1 saturated heterocycles. The number of carbonyl (C=O) groups is 1. The number of allylic oxidation sites excluding steroid dienone is 2. The lowest BCUT2D eigenvalue weighted by Crippen LogP contribution is -2.53. The highest BCUT2D eigenvalue weighted by atomic mass is 35.5. The minimum absolute atomic E-state index is 0.0677. The fourth-order valence-corrected chi connectivity index (χ4v) is 7.92. The van der Waals surface area contributed by atoms with Crippen LogP contribution in [0.3, 0.4) is 0 Å². The predicted molar refractivity (Wildman–Crippen MR) is 112 cm³/mol. The number of hydrogen-bond acceptors (Lipinski definition) is 4. The maximum atomic E-state index is 13.4. The Morgan fingerprint density at radius 3 is 2.38 bits per heavy atom. The Morgan fingerprint density at radius 1 is 1.19 bits per heavy atom. The highest BCUT2D eigenvalue weighted by molar-refractivity contribution is 7.87. The van der Waals surface area contributed by atoms with Crippen LogP contribution in [-0.2, 0) is 21.5 Å². The van der Waals surface area contributed by atoms with Crippen LogP contribution in [0.1, 0.15) is 31.2 Å². The van der Waals surface area contributed by atoms with Gasteiger partial charge in [-0.2, -0.15) is 30.2 Å². The summed E-state index contributed by atoms with van der Waals surface area (Å²) in [7, 11) is -2.89. The second kappa shape index (κ2) is 8.30. The van der Waals surface area contributed by atoms with Crippen LogP contribution in [0.2, 0.25) is 0 Å². The SMILES string of the molecule is COc1ccc(CN2C3(CN(CC(F)(F)F)S2(=O)=O)C2CCC3CC(C=O)=C(Cl)C2)cc1. The molecule has 32 heavy (non-hydrogen) atoms. The molecule has 2 aliphatic carbocycles. The van der Waals surface area contributed by atoms with E-state index in [1.54, 1.807) is 24.3 Å². The van der Waals surface area contributed by atoms with Crippen LogP contribution in [0.15, 0.2) is 34.9 Å². The van der Waals surface area contributed by atoms with Crippen LogP contribution in [0.25, 0.3) is 0 Å². The van der Waals surface area contributed by atoms with Crippen molar-refractivity contribution in [2.45, 2.75) is 43.9 Å². The molecule has 1 heterocycles. The van der Waals surface area contributed by atoms with Gasteiger partial charge in [-0.25, -0.2) is 0 Å². The van der Waals surface area contributed by atoms with Crippen molar-refractivity contribution in [3.8, 4) is 5.75 Å². The first-order valence-electron chi connectivity index (χ1n) is 10.3. The third-order valence-electron chi connectivity index (χ3n) is 7.00. The number of methoxy groups -OCH3 is 1. The van der Waals surface area contributed by atoms with Crippen molar-refractivity contribution in [1.82, 2.24) is 8.61 Å². The number of aldehydes is 1. The number of benzene rings is 1. The average molecular weight is 493 g/mol. The zero-order valence-corrected chi connectivity index (χ0v) is 19.0. The van der Waals surface area contributed by atoms with Gasteiger partial charge in [0.05, 0.1) is 12.6 Å². The Kier molecular flexibility index (Phi) is 6.11. The summed E-state index contributed by atoms with van der Waals surface area (Å²) in [4.78, 5) is 11.6. The summed E-state index contributed by atoms with van der Waals surface area (Å²) in [6, 6.07) is 6.77. The molecule has 1 aromatic rings. The van der Waals surface area contributed by atoms with Crippen molar-refractivity contribution < 1.29 is 31.1 Å². The summed E-state index contributed by atoms with van der Waals surface area (Å²) in [5, 5.41) is 0.377. The molecule has 3 atom stereocenters. The predicted octanol–water partition coefficient (Wildman–Crippen LogP) is 3.87. The summed E-state index contributed by atoms with van der Waals surface area (Å²) < 4.78 is 73.7. The Morgan fingerprint density at radius 2 is 1.81 bits per heavy atom. The first-order valence-corrected chi connectivity index (χ1v) is 12.1. The molecule has 1 spiro atoms. The maximum absolute atomic E-state index is 13.4. The average Bonchev–Trinajstić information content (AvgIpc) is 3.10. The van der Waals surface area contributed by atoms with Gasteiger partial charge in [-0.3, -0.25) is 4.79 Å². The molecule has 1 aliphatic heterocycles. The Labute approximate surface area is 190 Å². The Balaban J connectivity index is 1.78. The van der Waals surface area contributed by atoms with E-state index >= 15 is 0 Å². The van der Waals surface area contributed by atoms with Gasteiger partial charge in [-0.15, -0.1) is 0 Å². The second-order valence-electron chi connectivity index (χ2n) is 8.66. The molecule has 1 aromatic carbocycles. The summed E-state index contributed by atoms with van der Waals surface area (Å²) >= 11 is 6.37. The summed E-state index contributed by atoms with van der Waals surface area (Å²) in [6.45, 7) is -1.88. The van der Waals surface area contributed by atoms with E-state index in [0.717, 1.165) is 0 Å². The van der Waals surface area contributed by atoms with Crippen molar-refractivity contribution >= 4 is 28.1 Å². The monoisotopic (exact) mass is 492 g/mol. The van der Waals surface area contributed by atoms with Crippen LogP contribution in [0.4, 0.5) is 13.2 Å². The number of ether oxygens (including phenoxy) is 1. The zero-order chi connectivity index (χ0) is 23.3. The van der Waals surface area contributed by atoms with E-state index < -0.39 is 28.5 Å². The van der Waals surface area contributed by atoms with Gasteiger partial charge < -0.3 is 4.74 Å². The quantitative estimate of drug-likeness (QED) is 0.585. The normalized spacial score (nSPS) is 30.7. The lowest BCUT2D eigenvalue weighted by Gasteiger charge is -2.41. The van der Waals surface area contributed by atoms with Crippen LogP contribution >= 0.6 is 11.6 Å². The van der Waals surface area contributed by atoms with Gasteiger partial charge in [0, 0.05) is 23.7 Å². The molecule has 2 fully saturated rings. The highest BCUT2D eigenvalue weighted by Crippen LogP contribution is 2.57.